The maximum absolute atomic E-state index is 2.41. The fourth-order valence-corrected chi connectivity index (χ4v) is 6.32. The highest BCUT2D eigenvalue weighted by Gasteiger charge is 2.37. The molecule has 1 nitrogen and oxygen atoms in total. The molecule has 0 aliphatic heterocycles. The predicted molar refractivity (Wildman–Crippen MR) is 171 cm³/mol. The van der Waals surface area contributed by atoms with Crippen molar-refractivity contribution >= 4 is 27.8 Å². The lowest BCUT2D eigenvalue weighted by Gasteiger charge is -2.28. The van der Waals surface area contributed by atoms with Crippen LogP contribution in [0.15, 0.2) is 127 Å². The summed E-state index contributed by atoms with van der Waals surface area (Å²) in [5, 5.41) is 2.63. The van der Waals surface area contributed by atoms with E-state index in [4.69, 9.17) is 0 Å². The Balaban J connectivity index is 1.37. The number of nitrogens with zero attached hydrogens (tertiary/aromatic N) is 1. The van der Waals surface area contributed by atoms with Crippen LogP contribution in [0.25, 0.3) is 33.0 Å². The van der Waals surface area contributed by atoms with Crippen molar-refractivity contribution in [2.75, 3.05) is 4.90 Å². The van der Waals surface area contributed by atoms with Crippen LogP contribution >= 0.6 is 0 Å². The van der Waals surface area contributed by atoms with Crippen molar-refractivity contribution in [2.24, 2.45) is 0 Å². The molecule has 1 heteroatoms. The lowest BCUT2D eigenvalue weighted by atomic mass is 9.82. The van der Waals surface area contributed by atoms with Crippen LogP contribution in [0.3, 0.4) is 0 Å². The molecule has 0 radical (unpaired) electrons. The molecular weight excluding hydrogens is 482 g/mol. The van der Waals surface area contributed by atoms with E-state index in [1.807, 2.05) is 0 Å². The van der Waals surface area contributed by atoms with Crippen LogP contribution in [0.2, 0.25) is 0 Å². The Morgan fingerprint density at radius 2 is 1.05 bits per heavy atom. The molecule has 0 unspecified atom stereocenters. The van der Waals surface area contributed by atoms with Crippen LogP contribution in [0.5, 0.6) is 0 Å². The molecule has 0 saturated heterocycles. The second-order valence-electron chi connectivity index (χ2n) is 11.6. The maximum atomic E-state index is 2.41. The van der Waals surface area contributed by atoms with Gasteiger partial charge in [0.2, 0.25) is 0 Å². The van der Waals surface area contributed by atoms with Crippen molar-refractivity contribution in [1.82, 2.24) is 0 Å². The van der Waals surface area contributed by atoms with Gasteiger partial charge in [0.25, 0.3) is 0 Å². The van der Waals surface area contributed by atoms with E-state index in [1.54, 1.807) is 0 Å². The van der Waals surface area contributed by atoms with Gasteiger partial charge in [-0.1, -0.05) is 116 Å². The van der Waals surface area contributed by atoms with Crippen molar-refractivity contribution in [3.8, 4) is 22.3 Å². The molecule has 0 bridgehead atoms. The fourth-order valence-electron chi connectivity index (χ4n) is 6.32. The molecule has 0 spiro atoms. The minimum atomic E-state index is -0.0844. The van der Waals surface area contributed by atoms with Crippen molar-refractivity contribution in [1.29, 1.82) is 0 Å². The number of benzene rings is 6. The van der Waals surface area contributed by atoms with Crippen molar-refractivity contribution in [3.05, 3.63) is 150 Å². The molecule has 7 rings (SSSR count). The molecule has 40 heavy (non-hydrogen) atoms. The highest BCUT2D eigenvalue weighted by Crippen LogP contribution is 2.52. The summed E-state index contributed by atoms with van der Waals surface area (Å²) in [5.41, 5.74) is 13.9. The maximum Gasteiger partial charge on any atom is 0.0465 e. The van der Waals surface area contributed by atoms with Gasteiger partial charge in [0.15, 0.2) is 0 Å². The Morgan fingerprint density at radius 3 is 1.73 bits per heavy atom. The Bertz CT molecular complexity index is 1860. The summed E-state index contributed by atoms with van der Waals surface area (Å²) in [7, 11) is 0. The van der Waals surface area contributed by atoms with Gasteiger partial charge in [-0.05, 0) is 94.4 Å². The van der Waals surface area contributed by atoms with Gasteiger partial charge >= 0.3 is 0 Å². The largest absolute Gasteiger partial charge is 0.310 e. The predicted octanol–water partition coefficient (Wildman–Crippen LogP) is 10.9. The first kappa shape index (κ1) is 24.4. The minimum Gasteiger partial charge on any atom is -0.310 e. The van der Waals surface area contributed by atoms with E-state index in [0.29, 0.717) is 0 Å². The Morgan fingerprint density at radius 1 is 0.500 bits per heavy atom. The standard InChI is InChI=1S/C39H33N/c1-26-9-13-28(14-10-26)29-15-20-32(21-16-29)40(31-18-11-27(2)12-19-31)33-22-23-35-37(25-33)39(3,4)36-24-17-30-7-5-6-8-34(30)38(35)36/h5-25H,1-4H3. The highest BCUT2D eigenvalue weighted by molar-refractivity contribution is 6.03. The number of fused-ring (bicyclic) bond motifs is 5. The van der Waals surface area contributed by atoms with Crippen LogP contribution < -0.4 is 4.90 Å². The van der Waals surface area contributed by atoms with Crippen molar-refractivity contribution < 1.29 is 0 Å². The molecule has 6 aromatic carbocycles. The van der Waals surface area contributed by atoms with E-state index < -0.39 is 0 Å². The molecule has 0 saturated carbocycles. The molecule has 0 atom stereocenters. The molecular formula is C39H33N. The van der Waals surface area contributed by atoms with E-state index in [1.165, 1.54) is 61.0 Å². The summed E-state index contributed by atoms with van der Waals surface area (Å²) in [6.07, 6.45) is 0. The third kappa shape index (κ3) is 3.93. The zero-order valence-electron chi connectivity index (χ0n) is 23.6. The first-order chi connectivity index (χ1) is 19.4. The van der Waals surface area contributed by atoms with Crippen LogP contribution in [0, 0.1) is 13.8 Å². The molecule has 194 valence electrons. The van der Waals surface area contributed by atoms with E-state index in [2.05, 4.69) is 160 Å². The number of hydrogen-bond donors (Lipinski definition) is 0. The lowest BCUT2D eigenvalue weighted by molar-refractivity contribution is 0.661. The van der Waals surface area contributed by atoms with Crippen LogP contribution in [-0.2, 0) is 5.41 Å². The number of anilines is 3. The van der Waals surface area contributed by atoms with E-state index in [-0.39, 0.29) is 5.41 Å². The second kappa shape index (κ2) is 9.24. The molecule has 1 aliphatic carbocycles. The average Bonchev–Trinajstić information content (AvgIpc) is 3.21. The molecule has 1 aliphatic rings. The molecule has 0 heterocycles. The molecule has 6 aromatic rings. The third-order valence-corrected chi connectivity index (χ3v) is 8.61. The summed E-state index contributed by atoms with van der Waals surface area (Å²) in [5.74, 6) is 0. The Kier molecular flexibility index (Phi) is 5.64. The first-order valence-electron chi connectivity index (χ1n) is 14.1. The summed E-state index contributed by atoms with van der Waals surface area (Å²) < 4.78 is 0. The summed E-state index contributed by atoms with van der Waals surface area (Å²) in [4.78, 5) is 2.38. The van der Waals surface area contributed by atoms with Gasteiger partial charge in [-0.15, -0.1) is 0 Å². The average molecular weight is 516 g/mol. The Labute approximate surface area is 237 Å². The van der Waals surface area contributed by atoms with E-state index in [0.717, 1.165) is 11.4 Å². The van der Waals surface area contributed by atoms with Gasteiger partial charge < -0.3 is 4.90 Å². The smallest absolute Gasteiger partial charge is 0.0465 e. The molecule has 0 fully saturated rings. The number of rotatable bonds is 4. The summed E-state index contributed by atoms with van der Waals surface area (Å²) in [6.45, 7) is 9.00. The van der Waals surface area contributed by atoms with Crippen LogP contribution in [-0.4, -0.2) is 0 Å². The molecule has 0 N–H and O–H groups in total. The number of hydrogen-bond acceptors (Lipinski definition) is 1. The van der Waals surface area contributed by atoms with Gasteiger partial charge in [-0.25, -0.2) is 0 Å². The SMILES string of the molecule is Cc1ccc(-c2ccc(N(c3ccc(C)cc3)c3ccc4c(c3)C(C)(C)c3ccc5ccccc5c3-4)cc2)cc1. The first-order valence-corrected chi connectivity index (χ1v) is 14.1. The van der Waals surface area contributed by atoms with E-state index >= 15 is 0 Å². The molecule has 0 amide bonds. The number of aryl methyl sites for hydroxylation is 2. The zero-order chi connectivity index (χ0) is 27.4. The van der Waals surface area contributed by atoms with Gasteiger partial charge in [-0.3, -0.25) is 0 Å². The normalized spacial score (nSPS) is 13.2. The fraction of sp³-hybridized carbons (Fsp3) is 0.128. The van der Waals surface area contributed by atoms with Crippen LogP contribution in [0.4, 0.5) is 17.1 Å². The van der Waals surface area contributed by atoms with Gasteiger partial charge in [0.1, 0.15) is 0 Å². The van der Waals surface area contributed by atoms with Gasteiger partial charge in [0.05, 0.1) is 0 Å². The van der Waals surface area contributed by atoms with Crippen molar-refractivity contribution in [3.63, 3.8) is 0 Å². The second-order valence-corrected chi connectivity index (χ2v) is 11.6. The monoisotopic (exact) mass is 515 g/mol. The third-order valence-electron chi connectivity index (χ3n) is 8.61. The zero-order valence-corrected chi connectivity index (χ0v) is 23.6. The van der Waals surface area contributed by atoms with Gasteiger partial charge in [-0.2, -0.15) is 0 Å². The lowest BCUT2D eigenvalue weighted by Crippen LogP contribution is -2.16. The molecule has 0 aromatic heterocycles. The minimum absolute atomic E-state index is 0.0844. The van der Waals surface area contributed by atoms with Crippen molar-refractivity contribution in [2.45, 2.75) is 33.1 Å². The summed E-state index contributed by atoms with van der Waals surface area (Å²) >= 11 is 0. The summed E-state index contributed by atoms with van der Waals surface area (Å²) in [6, 6.07) is 47.0. The van der Waals surface area contributed by atoms with Crippen LogP contribution in [0.1, 0.15) is 36.1 Å². The van der Waals surface area contributed by atoms with E-state index in [9.17, 15) is 0 Å². The Hall–Kier alpha value is -4.62. The topological polar surface area (TPSA) is 3.24 Å². The van der Waals surface area contributed by atoms with Gasteiger partial charge in [0, 0.05) is 22.5 Å². The highest BCUT2D eigenvalue weighted by atomic mass is 15.1. The quantitative estimate of drug-likeness (QED) is 0.226.